The summed E-state index contributed by atoms with van der Waals surface area (Å²) in [7, 11) is -2.75. The molecule has 11 heteroatoms. The summed E-state index contributed by atoms with van der Waals surface area (Å²) < 4.78 is 45.3. The zero-order chi connectivity index (χ0) is 27.6. The minimum Gasteiger partial charge on any atom is -0.493 e. The minimum atomic E-state index is -4.18. The zero-order valence-electron chi connectivity index (χ0n) is 21.0. The number of imidazole rings is 1. The Bertz CT molecular complexity index is 1800. The number of hydrogen-bond acceptors (Lipinski definition) is 8. The molecule has 1 N–H and O–H groups in total. The van der Waals surface area contributed by atoms with E-state index in [0.717, 1.165) is 9.86 Å². The third kappa shape index (κ3) is 5.41. The summed E-state index contributed by atoms with van der Waals surface area (Å²) in [6.45, 7) is 1.94. The van der Waals surface area contributed by atoms with Gasteiger partial charge in [-0.25, -0.2) is 4.98 Å². The van der Waals surface area contributed by atoms with E-state index in [1.165, 1.54) is 19.2 Å². The second-order valence-electron chi connectivity index (χ2n) is 8.42. The highest BCUT2D eigenvalue weighted by atomic mass is 79.9. The fourth-order valence-corrected chi connectivity index (χ4v) is 5.72. The van der Waals surface area contributed by atoms with Crippen LogP contribution in [0.1, 0.15) is 6.92 Å². The molecule has 0 saturated carbocycles. The Morgan fingerprint density at radius 1 is 1.03 bits per heavy atom. The van der Waals surface area contributed by atoms with Gasteiger partial charge in [0.15, 0.2) is 11.5 Å². The second-order valence-corrected chi connectivity index (χ2v) is 10.9. The highest BCUT2D eigenvalue weighted by Gasteiger charge is 2.23. The summed E-state index contributed by atoms with van der Waals surface area (Å²) in [5.74, 6) is 0.374. The van der Waals surface area contributed by atoms with Crippen LogP contribution >= 0.6 is 15.9 Å². The summed E-state index contributed by atoms with van der Waals surface area (Å²) in [5.41, 5.74) is 1.78. The minimum absolute atomic E-state index is 0.0294. The summed E-state index contributed by atoms with van der Waals surface area (Å²) in [6, 6.07) is 20.7. The molecule has 3 aromatic carbocycles. The molecule has 0 atom stereocenters. The van der Waals surface area contributed by atoms with Gasteiger partial charge < -0.3 is 19.0 Å². The number of fused-ring (bicyclic) bond motifs is 2. The molecule has 0 aliphatic carbocycles. The number of carbonyl (C=O) groups excluding carboxylic acids is 1. The van der Waals surface area contributed by atoms with Gasteiger partial charge in [-0.1, -0.05) is 36.4 Å². The smallest absolute Gasteiger partial charge is 0.339 e. The Morgan fingerprint density at radius 2 is 1.82 bits per heavy atom. The third-order valence-corrected chi connectivity index (χ3v) is 7.71. The molecular weight excluding hydrogens is 586 g/mol. The van der Waals surface area contributed by atoms with E-state index >= 15 is 0 Å². The van der Waals surface area contributed by atoms with Crippen LogP contribution in [0.15, 0.2) is 88.4 Å². The fourth-order valence-electron chi connectivity index (χ4n) is 4.22. The summed E-state index contributed by atoms with van der Waals surface area (Å²) in [5, 5.41) is 4.45. The van der Waals surface area contributed by atoms with Crippen LogP contribution in [0.5, 0.6) is 11.5 Å². The van der Waals surface area contributed by atoms with Gasteiger partial charge >= 0.3 is 16.1 Å². The maximum atomic E-state index is 13.3. The van der Waals surface area contributed by atoms with Crippen molar-refractivity contribution in [1.29, 1.82) is 0 Å². The van der Waals surface area contributed by atoms with Crippen molar-refractivity contribution in [2.45, 2.75) is 11.8 Å². The predicted molar refractivity (Wildman–Crippen MR) is 152 cm³/mol. The van der Waals surface area contributed by atoms with Crippen molar-refractivity contribution in [3.8, 4) is 22.8 Å². The lowest BCUT2D eigenvalue weighted by Crippen LogP contribution is -2.17. The van der Waals surface area contributed by atoms with Gasteiger partial charge in [0.2, 0.25) is 0 Å². The standard InChI is InChI=1S/C28H24BrN3O6S/c1-3-37-26(33)16-30-28-27(31-25-14-12-20(29)17-32(25)28)19-11-13-22(23(15-19)36-2)38-39(34,35)24-10-6-8-18-7-4-5-9-21(18)24/h4-15,17,30H,3,16H2,1-2H3. The molecule has 0 amide bonds. The molecule has 5 rings (SSSR count). The first kappa shape index (κ1) is 26.5. The molecule has 0 aliphatic heterocycles. The lowest BCUT2D eigenvalue weighted by Gasteiger charge is -2.14. The Kier molecular flexibility index (Phi) is 7.45. The van der Waals surface area contributed by atoms with Gasteiger partial charge in [-0.3, -0.25) is 9.20 Å². The van der Waals surface area contributed by atoms with Crippen LogP contribution in [-0.2, 0) is 19.6 Å². The maximum Gasteiger partial charge on any atom is 0.339 e. The van der Waals surface area contributed by atoms with E-state index in [1.54, 1.807) is 41.7 Å². The fraction of sp³-hybridized carbons (Fsp3) is 0.143. The average molecular weight is 610 g/mol. The quantitative estimate of drug-likeness (QED) is 0.168. The topological polar surface area (TPSA) is 108 Å². The third-order valence-electron chi connectivity index (χ3n) is 5.94. The molecule has 39 heavy (non-hydrogen) atoms. The maximum absolute atomic E-state index is 13.3. The predicted octanol–water partition coefficient (Wildman–Crippen LogP) is 5.67. The number of benzene rings is 3. The van der Waals surface area contributed by atoms with Gasteiger partial charge in [-0.15, -0.1) is 0 Å². The van der Waals surface area contributed by atoms with E-state index in [2.05, 4.69) is 21.2 Å². The average Bonchev–Trinajstić information content (AvgIpc) is 3.29. The van der Waals surface area contributed by atoms with Crippen LogP contribution in [0.4, 0.5) is 5.82 Å². The zero-order valence-corrected chi connectivity index (χ0v) is 23.5. The molecule has 0 unspecified atom stereocenters. The SMILES string of the molecule is CCOC(=O)CNc1c(-c2ccc(OS(=O)(=O)c3cccc4ccccc34)c(OC)c2)nc2ccc(Br)cn12. The summed E-state index contributed by atoms with van der Waals surface area (Å²) in [6.07, 6.45) is 1.82. The number of methoxy groups -OCH3 is 1. The molecule has 0 radical (unpaired) electrons. The number of hydrogen-bond donors (Lipinski definition) is 1. The van der Waals surface area contributed by atoms with Gasteiger partial charge in [-0.2, -0.15) is 8.42 Å². The molecule has 2 aromatic heterocycles. The monoisotopic (exact) mass is 609 g/mol. The van der Waals surface area contributed by atoms with E-state index in [1.807, 2.05) is 36.5 Å². The van der Waals surface area contributed by atoms with E-state index in [9.17, 15) is 13.2 Å². The van der Waals surface area contributed by atoms with Gasteiger partial charge in [0.05, 0.1) is 13.7 Å². The summed E-state index contributed by atoms with van der Waals surface area (Å²) in [4.78, 5) is 16.8. The van der Waals surface area contributed by atoms with E-state index in [-0.39, 0.29) is 29.5 Å². The summed E-state index contributed by atoms with van der Waals surface area (Å²) >= 11 is 3.47. The van der Waals surface area contributed by atoms with Crippen molar-refractivity contribution in [3.63, 3.8) is 0 Å². The van der Waals surface area contributed by atoms with E-state index in [4.69, 9.17) is 18.6 Å². The Labute approximate surface area is 233 Å². The number of halogens is 1. The van der Waals surface area contributed by atoms with Crippen LogP contribution in [0.25, 0.3) is 27.7 Å². The van der Waals surface area contributed by atoms with Gasteiger partial charge in [0.1, 0.15) is 28.6 Å². The van der Waals surface area contributed by atoms with Gasteiger partial charge in [0, 0.05) is 21.6 Å². The number of rotatable bonds is 9. The Hall–Kier alpha value is -4.09. The number of ether oxygens (including phenoxy) is 2. The lowest BCUT2D eigenvalue weighted by molar-refractivity contribution is -0.140. The number of nitrogens with one attached hydrogen (secondary N) is 1. The lowest BCUT2D eigenvalue weighted by atomic mass is 10.1. The first-order valence-electron chi connectivity index (χ1n) is 12.0. The van der Waals surface area contributed by atoms with Crippen molar-refractivity contribution in [2.24, 2.45) is 0 Å². The van der Waals surface area contributed by atoms with Crippen molar-refractivity contribution in [1.82, 2.24) is 9.38 Å². The first-order valence-corrected chi connectivity index (χ1v) is 14.2. The number of nitrogens with zero attached hydrogens (tertiary/aromatic N) is 2. The molecular formula is C28H24BrN3O6S. The number of pyridine rings is 1. The molecule has 0 spiro atoms. The highest BCUT2D eigenvalue weighted by Crippen LogP contribution is 2.38. The molecule has 200 valence electrons. The van der Waals surface area contributed by atoms with Crippen LogP contribution in [0, 0.1) is 0 Å². The highest BCUT2D eigenvalue weighted by molar-refractivity contribution is 9.10. The molecule has 0 bridgehead atoms. The number of carbonyl (C=O) groups is 1. The van der Waals surface area contributed by atoms with Crippen LogP contribution in [0.3, 0.4) is 0 Å². The van der Waals surface area contributed by atoms with Crippen molar-refractivity contribution < 1.29 is 26.9 Å². The number of esters is 1. The molecule has 5 aromatic rings. The van der Waals surface area contributed by atoms with E-state index in [0.29, 0.717) is 28.1 Å². The van der Waals surface area contributed by atoms with Crippen molar-refractivity contribution >= 4 is 54.3 Å². The molecule has 0 aliphatic rings. The number of anilines is 1. The Balaban J connectivity index is 1.53. The van der Waals surface area contributed by atoms with Crippen LogP contribution in [0.2, 0.25) is 0 Å². The molecule has 9 nitrogen and oxygen atoms in total. The molecule has 0 fully saturated rings. The molecule has 2 heterocycles. The first-order chi connectivity index (χ1) is 18.8. The van der Waals surface area contributed by atoms with Gasteiger partial charge in [0.25, 0.3) is 0 Å². The molecule has 0 saturated heterocycles. The van der Waals surface area contributed by atoms with Crippen LogP contribution < -0.4 is 14.2 Å². The van der Waals surface area contributed by atoms with Crippen molar-refractivity contribution in [2.75, 3.05) is 25.6 Å². The van der Waals surface area contributed by atoms with Gasteiger partial charge in [-0.05, 0) is 64.6 Å². The largest absolute Gasteiger partial charge is 0.493 e. The normalized spacial score (nSPS) is 11.5. The van der Waals surface area contributed by atoms with Crippen LogP contribution in [-0.4, -0.2) is 44.0 Å². The van der Waals surface area contributed by atoms with E-state index < -0.39 is 16.1 Å². The number of aromatic nitrogens is 2. The Morgan fingerprint density at radius 3 is 2.62 bits per heavy atom. The second kappa shape index (κ2) is 11.0. The van der Waals surface area contributed by atoms with Crippen molar-refractivity contribution in [3.05, 3.63) is 83.5 Å².